The first kappa shape index (κ1) is 10.1. The second kappa shape index (κ2) is 3.76. The lowest BCUT2D eigenvalue weighted by molar-refractivity contribution is 0.313. The van der Waals surface area contributed by atoms with Crippen LogP contribution in [0.5, 0.6) is 0 Å². The number of allylic oxidation sites excluding steroid dienone is 1. The number of benzene rings is 1. The van der Waals surface area contributed by atoms with Crippen LogP contribution in [0.4, 0.5) is 0 Å². The predicted molar refractivity (Wildman–Crippen MR) is 67.8 cm³/mol. The minimum absolute atomic E-state index is 0.618. The molecule has 82 valence electrons. The van der Waals surface area contributed by atoms with Gasteiger partial charge in [-0.15, -0.1) is 0 Å². The molecule has 0 aliphatic heterocycles. The van der Waals surface area contributed by atoms with Crippen molar-refractivity contribution >= 4 is 6.08 Å². The minimum atomic E-state index is 0.618. The van der Waals surface area contributed by atoms with E-state index >= 15 is 0 Å². The third kappa shape index (κ3) is 1.61. The van der Waals surface area contributed by atoms with Crippen LogP contribution in [0.1, 0.15) is 31.4 Å². The van der Waals surface area contributed by atoms with Gasteiger partial charge in [0.15, 0.2) is 0 Å². The topological polar surface area (TPSA) is 0 Å². The summed E-state index contributed by atoms with van der Waals surface area (Å²) < 4.78 is 0. The Kier molecular flexibility index (Phi) is 2.38. The van der Waals surface area contributed by atoms with E-state index in [1.165, 1.54) is 29.5 Å². The average molecular weight is 210 g/mol. The molecule has 2 aliphatic rings. The lowest BCUT2D eigenvalue weighted by Gasteiger charge is -2.36. The Morgan fingerprint density at radius 3 is 2.88 bits per heavy atom. The summed E-state index contributed by atoms with van der Waals surface area (Å²) in [7, 11) is 0. The second-order valence-electron chi connectivity index (χ2n) is 5.35. The van der Waals surface area contributed by atoms with Gasteiger partial charge >= 0.3 is 0 Å². The molecule has 1 aromatic carbocycles. The Hall–Kier alpha value is -1.04. The molecule has 0 aromatic heterocycles. The molecule has 0 amide bonds. The Morgan fingerprint density at radius 1 is 1.19 bits per heavy atom. The largest absolute Gasteiger partial charge is 0.0622 e. The molecule has 3 rings (SSSR count). The van der Waals surface area contributed by atoms with Gasteiger partial charge in [0.25, 0.3) is 0 Å². The van der Waals surface area contributed by atoms with Gasteiger partial charge in [0.1, 0.15) is 0 Å². The lowest BCUT2D eigenvalue weighted by Crippen LogP contribution is -2.26. The number of fused-ring (bicyclic) bond motifs is 2. The standard InChI is InChI=1S/C16H18/c1-11-7-15-9-13-5-3-4-6-14(13)10-16(15)8-12(11)2/h3-6,10-12,15H,7,9H2,1-2H3. The summed E-state index contributed by atoms with van der Waals surface area (Å²) in [5.74, 6) is 2.13. The van der Waals surface area contributed by atoms with Crippen LogP contribution in [0.15, 0.2) is 29.8 Å². The van der Waals surface area contributed by atoms with E-state index in [2.05, 4.69) is 50.6 Å². The molecular formula is C16H18. The molecule has 0 heteroatoms. The molecule has 2 aliphatic carbocycles. The Morgan fingerprint density at radius 2 is 2.00 bits per heavy atom. The number of rotatable bonds is 0. The molecule has 1 aromatic rings. The predicted octanol–water partition coefficient (Wildman–Crippen LogP) is 4.00. The third-order valence-corrected chi connectivity index (χ3v) is 4.18. The van der Waals surface area contributed by atoms with Crippen molar-refractivity contribution in [3.05, 3.63) is 47.4 Å². The van der Waals surface area contributed by atoms with Gasteiger partial charge in [0, 0.05) is 6.42 Å². The van der Waals surface area contributed by atoms with Gasteiger partial charge in [-0.1, -0.05) is 49.8 Å². The van der Waals surface area contributed by atoms with Crippen LogP contribution in [0.3, 0.4) is 0 Å². The van der Waals surface area contributed by atoms with Gasteiger partial charge in [0.2, 0.25) is 0 Å². The molecule has 1 saturated carbocycles. The molecule has 0 saturated heterocycles. The maximum Gasteiger partial charge on any atom is 0.0157 e. The van der Waals surface area contributed by atoms with Crippen LogP contribution in [0.25, 0.3) is 6.08 Å². The van der Waals surface area contributed by atoms with Crippen molar-refractivity contribution in [2.75, 3.05) is 0 Å². The monoisotopic (exact) mass is 210 g/mol. The molecular weight excluding hydrogens is 192 g/mol. The van der Waals surface area contributed by atoms with Crippen LogP contribution < -0.4 is 0 Å². The van der Waals surface area contributed by atoms with Crippen LogP contribution in [-0.2, 0) is 6.42 Å². The van der Waals surface area contributed by atoms with Crippen molar-refractivity contribution in [2.24, 2.45) is 17.8 Å². The first-order valence-corrected chi connectivity index (χ1v) is 6.30. The second-order valence-corrected chi connectivity index (χ2v) is 5.35. The Labute approximate surface area is 98.4 Å². The quantitative estimate of drug-likeness (QED) is 0.607. The highest BCUT2D eigenvalue weighted by Crippen LogP contribution is 2.42. The molecule has 0 spiro atoms. The van der Waals surface area contributed by atoms with Gasteiger partial charge in [-0.25, -0.2) is 0 Å². The first-order chi connectivity index (χ1) is 7.74. The molecule has 3 unspecified atom stereocenters. The summed E-state index contributed by atoms with van der Waals surface area (Å²) in [6, 6.07) is 8.78. The molecule has 0 N–H and O–H groups in total. The number of hydrogen-bond donors (Lipinski definition) is 0. The smallest absolute Gasteiger partial charge is 0.0157 e. The Bertz CT molecular complexity index is 427. The lowest BCUT2D eigenvalue weighted by atomic mass is 9.68. The summed E-state index contributed by atoms with van der Waals surface area (Å²) in [5, 5.41) is 0. The molecule has 0 nitrogen and oxygen atoms in total. The van der Waals surface area contributed by atoms with E-state index in [1.807, 2.05) is 0 Å². The summed E-state index contributed by atoms with van der Waals surface area (Å²) in [6.07, 6.45) is 8.57. The first-order valence-electron chi connectivity index (χ1n) is 6.30. The summed E-state index contributed by atoms with van der Waals surface area (Å²) in [4.78, 5) is 0. The van der Waals surface area contributed by atoms with Crippen molar-refractivity contribution in [1.29, 1.82) is 0 Å². The van der Waals surface area contributed by atoms with Crippen molar-refractivity contribution < 1.29 is 0 Å². The van der Waals surface area contributed by atoms with E-state index in [4.69, 9.17) is 0 Å². The van der Waals surface area contributed by atoms with Crippen molar-refractivity contribution in [2.45, 2.75) is 26.7 Å². The molecule has 16 heavy (non-hydrogen) atoms. The zero-order chi connectivity index (χ0) is 11.1. The van der Waals surface area contributed by atoms with E-state index in [0.29, 0.717) is 5.92 Å². The molecule has 1 fully saturated rings. The maximum absolute atomic E-state index is 3.67. The van der Waals surface area contributed by atoms with E-state index < -0.39 is 0 Å². The molecule has 3 atom stereocenters. The van der Waals surface area contributed by atoms with E-state index in [9.17, 15) is 0 Å². The summed E-state index contributed by atoms with van der Waals surface area (Å²) >= 11 is 0. The zero-order valence-corrected chi connectivity index (χ0v) is 10.0. The molecule has 0 bridgehead atoms. The highest BCUT2D eigenvalue weighted by molar-refractivity contribution is 5.62. The maximum atomic E-state index is 3.67. The van der Waals surface area contributed by atoms with Gasteiger partial charge < -0.3 is 0 Å². The van der Waals surface area contributed by atoms with Crippen LogP contribution in [0.2, 0.25) is 0 Å². The highest BCUT2D eigenvalue weighted by atomic mass is 14.4. The van der Waals surface area contributed by atoms with Gasteiger partial charge in [-0.3, -0.25) is 0 Å². The summed E-state index contributed by atoms with van der Waals surface area (Å²) in [6.45, 7) is 4.65. The van der Waals surface area contributed by atoms with Crippen LogP contribution >= 0.6 is 0 Å². The fraction of sp³-hybridized carbons (Fsp3) is 0.438. The van der Waals surface area contributed by atoms with Crippen LogP contribution in [-0.4, -0.2) is 0 Å². The zero-order valence-electron chi connectivity index (χ0n) is 10.0. The summed E-state index contributed by atoms with van der Waals surface area (Å²) in [5.41, 5.74) is 4.38. The Balaban J connectivity index is 1.97. The molecule has 0 heterocycles. The number of hydrogen-bond acceptors (Lipinski definition) is 0. The normalized spacial score (nSPS) is 32.6. The van der Waals surface area contributed by atoms with Gasteiger partial charge in [0.05, 0.1) is 0 Å². The molecule has 2 radical (unpaired) electrons. The van der Waals surface area contributed by atoms with E-state index in [-0.39, 0.29) is 0 Å². The highest BCUT2D eigenvalue weighted by Gasteiger charge is 2.31. The third-order valence-electron chi connectivity index (χ3n) is 4.18. The average Bonchev–Trinajstić information content (AvgIpc) is 2.28. The van der Waals surface area contributed by atoms with E-state index in [1.54, 1.807) is 0 Å². The van der Waals surface area contributed by atoms with Crippen molar-refractivity contribution in [3.8, 4) is 0 Å². The van der Waals surface area contributed by atoms with Crippen molar-refractivity contribution in [1.82, 2.24) is 0 Å². The van der Waals surface area contributed by atoms with Crippen molar-refractivity contribution in [3.63, 3.8) is 0 Å². The fourth-order valence-electron chi connectivity index (χ4n) is 2.95. The fourth-order valence-corrected chi connectivity index (χ4v) is 2.95. The minimum Gasteiger partial charge on any atom is -0.0622 e. The van der Waals surface area contributed by atoms with Crippen LogP contribution in [0, 0.1) is 24.2 Å². The SMILES string of the molecule is CC1[C]C2=Cc3ccccc3CC2CC1C. The van der Waals surface area contributed by atoms with E-state index in [0.717, 1.165) is 11.8 Å². The van der Waals surface area contributed by atoms with Gasteiger partial charge in [-0.05, 0) is 41.7 Å². The van der Waals surface area contributed by atoms with Gasteiger partial charge in [-0.2, -0.15) is 0 Å².